The molecular formula is C16H27NO2Si. The Kier molecular flexibility index (Phi) is 5.54. The predicted octanol–water partition coefficient (Wildman–Crippen LogP) is 3.89. The van der Waals surface area contributed by atoms with Crippen LogP contribution in [0.25, 0.3) is 0 Å². The topological polar surface area (TPSA) is 38.3 Å². The van der Waals surface area contributed by atoms with E-state index in [9.17, 15) is 4.79 Å². The molecule has 0 aliphatic carbocycles. The quantitative estimate of drug-likeness (QED) is 0.837. The molecule has 0 bridgehead atoms. The number of nitrogens with one attached hydrogen (secondary N) is 1. The van der Waals surface area contributed by atoms with Crippen molar-refractivity contribution in [2.24, 2.45) is 0 Å². The van der Waals surface area contributed by atoms with Gasteiger partial charge in [-0.1, -0.05) is 51.1 Å². The van der Waals surface area contributed by atoms with Gasteiger partial charge in [0.25, 0.3) is 0 Å². The lowest BCUT2D eigenvalue weighted by Crippen LogP contribution is -2.43. The van der Waals surface area contributed by atoms with Crippen LogP contribution in [-0.4, -0.2) is 20.8 Å². The van der Waals surface area contributed by atoms with Gasteiger partial charge in [0, 0.05) is 13.5 Å². The SMILES string of the molecule is CC(=O)NCC(O[Si](C)(C)C(C)(C)C)c1ccccc1. The highest BCUT2D eigenvalue weighted by atomic mass is 28.4. The number of carbonyl (C=O) groups excluding carboxylic acids is 1. The van der Waals surface area contributed by atoms with Crippen molar-refractivity contribution < 1.29 is 9.22 Å². The summed E-state index contributed by atoms with van der Waals surface area (Å²) in [6, 6.07) is 10.1. The van der Waals surface area contributed by atoms with Crippen LogP contribution in [-0.2, 0) is 9.22 Å². The van der Waals surface area contributed by atoms with Gasteiger partial charge in [0.1, 0.15) is 0 Å². The largest absolute Gasteiger partial charge is 0.408 e. The molecule has 112 valence electrons. The van der Waals surface area contributed by atoms with Crippen molar-refractivity contribution >= 4 is 14.2 Å². The number of amides is 1. The third-order valence-electron chi connectivity index (χ3n) is 3.95. The first-order chi connectivity index (χ1) is 9.13. The molecule has 3 nitrogen and oxygen atoms in total. The smallest absolute Gasteiger partial charge is 0.216 e. The number of benzene rings is 1. The normalized spacial score (nSPS) is 13.9. The van der Waals surface area contributed by atoms with Crippen LogP contribution in [0.3, 0.4) is 0 Å². The van der Waals surface area contributed by atoms with Crippen LogP contribution >= 0.6 is 0 Å². The van der Waals surface area contributed by atoms with Gasteiger partial charge in [0.15, 0.2) is 8.32 Å². The minimum Gasteiger partial charge on any atom is -0.408 e. The third-order valence-corrected chi connectivity index (χ3v) is 8.44. The van der Waals surface area contributed by atoms with Crippen LogP contribution in [0.1, 0.15) is 39.4 Å². The molecule has 0 saturated carbocycles. The van der Waals surface area contributed by atoms with Crippen LogP contribution in [0, 0.1) is 0 Å². The Balaban J connectivity index is 2.92. The highest BCUT2D eigenvalue weighted by molar-refractivity contribution is 6.74. The Morgan fingerprint density at radius 2 is 1.80 bits per heavy atom. The summed E-state index contributed by atoms with van der Waals surface area (Å²) in [5, 5.41) is 3.03. The average Bonchev–Trinajstić information content (AvgIpc) is 2.34. The Hall–Kier alpha value is -1.13. The lowest BCUT2D eigenvalue weighted by molar-refractivity contribution is -0.119. The van der Waals surface area contributed by atoms with Crippen molar-refractivity contribution in [3.63, 3.8) is 0 Å². The lowest BCUT2D eigenvalue weighted by atomic mass is 10.1. The van der Waals surface area contributed by atoms with E-state index in [4.69, 9.17) is 4.43 Å². The van der Waals surface area contributed by atoms with Crippen molar-refractivity contribution in [1.29, 1.82) is 0 Å². The van der Waals surface area contributed by atoms with E-state index in [0.717, 1.165) is 5.56 Å². The van der Waals surface area contributed by atoms with E-state index in [1.54, 1.807) is 0 Å². The zero-order valence-electron chi connectivity index (χ0n) is 13.5. The fourth-order valence-corrected chi connectivity index (χ4v) is 2.95. The maximum Gasteiger partial charge on any atom is 0.216 e. The molecule has 1 amide bonds. The van der Waals surface area contributed by atoms with Crippen molar-refractivity contribution in [3.8, 4) is 0 Å². The number of hydrogen-bond acceptors (Lipinski definition) is 2. The molecule has 1 atom stereocenters. The summed E-state index contributed by atoms with van der Waals surface area (Å²) >= 11 is 0. The lowest BCUT2D eigenvalue weighted by Gasteiger charge is -2.39. The van der Waals surface area contributed by atoms with Gasteiger partial charge in [-0.2, -0.15) is 0 Å². The van der Waals surface area contributed by atoms with Gasteiger partial charge < -0.3 is 9.74 Å². The molecule has 0 heterocycles. The van der Waals surface area contributed by atoms with Crippen LogP contribution in [0.15, 0.2) is 30.3 Å². The molecule has 1 aromatic carbocycles. The fourth-order valence-electron chi connectivity index (χ4n) is 1.66. The molecule has 20 heavy (non-hydrogen) atoms. The molecule has 1 N–H and O–H groups in total. The zero-order valence-corrected chi connectivity index (χ0v) is 14.5. The number of hydrogen-bond donors (Lipinski definition) is 1. The van der Waals surface area contributed by atoms with Crippen molar-refractivity contribution in [2.45, 2.75) is 51.9 Å². The third kappa shape index (κ3) is 4.76. The van der Waals surface area contributed by atoms with Gasteiger partial charge in [-0.05, 0) is 23.7 Å². The average molecular weight is 293 g/mol. The first kappa shape index (κ1) is 16.9. The Bertz CT molecular complexity index is 438. The zero-order chi connectivity index (χ0) is 15.4. The van der Waals surface area contributed by atoms with Gasteiger partial charge in [-0.25, -0.2) is 0 Å². The Labute approximate surface area is 123 Å². The summed E-state index contributed by atoms with van der Waals surface area (Å²) in [5.41, 5.74) is 1.12. The standard InChI is InChI=1S/C16H27NO2Si/c1-13(18)17-12-15(14-10-8-7-9-11-14)19-20(5,6)16(2,3)4/h7-11,15H,12H2,1-6H3,(H,17,18). The van der Waals surface area contributed by atoms with E-state index in [0.29, 0.717) is 6.54 Å². The highest BCUT2D eigenvalue weighted by Gasteiger charge is 2.39. The predicted molar refractivity (Wildman–Crippen MR) is 86.1 cm³/mol. The van der Waals surface area contributed by atoms with E-state index in [1.165, 1.54) is 6.92 Å². The van der Waals surface area contributed by atoms with Crippen LogP contribution in [0.4, 0.5) is 0 Å². The molecule has 0 aromatic heterocycles. The van der Waals surface area contributed by atoms with Gasteiger partial charge in [0.05, 0.1) is 6.10 Å². The van der Waals surface area contributed by atoms with Gasteiger partial charge >= 0.3 is 0 Å². The Morgan fingerprint density at radius 3 is 2.25 bits per heavy atom. The number of rotatable bonds is 5. The van der Waals surface area contributed by atoms with Gasteiger partial charge in [-0.3, -0.25) is 4.79 Å². The molecule has 1 rings (SSSR count). The first-order valence-electron chi connectivity index (χ1n) is 7.11. The minimum atomic E-state index is -1.87. The fraction of sp³-hybridized carbons (Fsp3) is 0.562. The van der Waals surface area contributed by atoms with Crippen LogP contribution in [0.5, 0.6) is 0 Å². The Morgan fingerprint density at radius 1 is 1.25 bits per heavy atom. The summed E-state index contributed by atoms with van der Waals surface area (Å²) in [4.78, 5) is 11.2. The van der Waals surface area contributed by atoms with Crippen LogP contribution < -0.4 is 5.32 Å². The van der Waals surface area contributed by atoms with Crippen LogP contribution in [0.2, 0.25) is 18.1 Å². The molecule has 4 heteroatoms. The second-order valence-electron chi connectivity index (χ2n) is 6.71. The molecule has 1 aromatic rings. The first-order valence-corrected chi connectivity index (χ1v) is 10.0. The minimum absolute atomic E-state index is 0.0234. The second-order valence-corrected chi connectivity index (χ2v) is 11.5. The summed E-state index contributed by atoms with van der Waals surface area (Å²) in [6.45, 7) is 13.2. The molecule has 0 saturated heterocycles. The maximum atomic E-state index is 11.2. The molecule has 0 radical (unpaired) electrons. The maximum absolute atomic E-state index is 11.2. The van der Waals surface area contributed by atoms with Gasteiger partial charge in [-0.15, -0.1) is 0 Å². The summed E-state index contributed by atoms with van der Waals surface area (Å²) < 4.78 is 6.46. The molecular weight excluding hydrogens is 266 g/mol. The van der Waals surface area contributed by atoms with E-state index >= 15 is 0 Å². The summed E-state index contributed by atoms with van der Waals surface area (Å²) in [6.07, 6.45) is -0.0824. The molecule has 0 fully saturated rings. The molecule has 0 spiro atoms. The molecule has 1 unspecified atom stereocenters. The number of carbonyl (C=O) groups is 1. The van der Waals surface area contributed by atoms with Crippen molar-refractivity contribution in [1.82, 2.24) is 5.32 Å². The van der Waals surface area contributed by atoms with E-state index in [2.05, 4.69) is 51.3 Å². The highest BCUT2D eigenvalue weighted by Crippen LogP contribution is 2.39. The summed E-state index contributed by atoms with van der Waals surface area (Å²) in [5.74, 6) is -0.0234. The molecule has 0 aliphatic rings. The van der Waals surface area contributed by atoms with Crippen molar-refractivity contribution in [2.75, 3.05) is 6.54 Å². The second kappa shape index (κ2) is 6.55. The monoisotopic (exact) mass is 293 g/mol. The van der Waals surface area contributed by atoms with Crippen molar-refractivity contribution in [3.05, 3.63) is 35.9 Å². The van der Waals surface area contributed by atoms with Gasteiger partial charge in [0.2, 0.25) is 5.91 Å². The van der Waals surface area contributed by atoms with E-state index in [1.807, 2.05) is 18.2 Å². The van der Waals surface area contributed by atoms with E-state index in [-0.39, 0.29) is 17.0 Å². The molecule has 0 aliphatic heterocycles. The summed E-state index contributed by atoms with van der Waals surface area (Å²) in [7, 11) is -1.87. The van der Waals surface area contributed by atoms with E-state index < -0.39 is 8.32 Å².